The summed E-state index contributed by atoms with van der Waals surface area (Å²) in [6.07, 6.45) is 1.31. The molecule has 3 aromatic rings. The Morgan fingerprint density at radius 2 is 1.74 bits per heavy atom. The molecule has 0 bridgehead atoms. The predicted octanol–water partition coefficient (Wildman–Crippen LogP) is 3.48. The average molecular weight is 482 g/mol. The maximum absolute atomic E-state index is 14.2. The van der Waals surface area contributed by atoms with E-state index in [9.17, 15) is 22.4 Å². The van der Waals surface area contributed by atoms with Crippen molar-refractivity contribution < 1.29 is 22.4 Å². The van der Waals surface area contributed by atoms with Gasteiger partial charge in [0.25, 0.3) is 0 Å². The zero-order chi connectivity index (χ0) is 24.1. The molecule has 0 unspecified atom stereocenters. The number of sulfonamides is 1. The van der Waals surface area contributed by atoms with Crippen molar-refractivity contribution in [1.29, 1.82) is 0 Å². The van der Waals surface area contributed by atoms with Crippen molar-refractivity contribution in [1.82, 2.24) is 4.72 Å². The maximum Gasteiger partial charge on any atom is 0.244 e. The van der Waals surface area contributed by atoms with Crippen LogP contribution < -0.4 is 14.9 Å². The summed E-state index contributed by atoms with van der Waals surface area (Å²) in [5.41, 5.74) is 1.81. The molecule has 0 aromatic heterocycles. The quantitative estimate of drug-likeness (QED) is 0.515. The summed E-state index contributed by atoms with van der Waals surface area (Å²) in [6.45, 7) is 0.606. The molecule has 3 aromatic carbocycles. The van der Waals surface area contributed by atoms with Gasteiger partial charge in [0.05, 0.1) is 0 Å². The largest absolute Gasteiger partial charge is 0.325 e. The van der Waals surface area contributed by atoms with E-state index in [0.29, 0.717) is 24.3 Å². The monoisotopic (exact) mass is 481 g/mol. The lowest BCUT2D eigenvalue weighted by Gasteiger charge is -2.20. The van der Waals surface area contributed by atoms with Crippen LogP contribution in [0.25, 0.3) is 0 Å². The van der Waals surface area contributed by atoms with Crippen LogP contribution in [-0.2, 0) is 26.0 Å². The molecule has 1 saturated heterocycles. The van der Waals surface area contributed by atoms with Crippen LogP contribution in [0.1, 0.15) is 18.4 Å². The van der Waals surface area contributed by atoms with Crippen molar-refractivity contribution in [2.45, 2.75) is 30.2 Å². The fourth-order valence-electron chi connectivity index (χ4n) is 3.85. The van der Waals surface area contributed by atoms with Crippen LogP contribution in [0.4, 0.5) is 15.8 Å². The highest BCUT2D eigenvalue weighted by atomic mass is 32.2. The third kappa shape index (κ3) is 5.49. The molecule has 0 spiro atoms. The Morgan fingerprint density at radius 3 is 2.44 bits per heavy atom. The maximum atomic E-state index is 14.2. The molecule has 2 amide bonds. The summed E-state index contributed by atoms with van der Waals surface area (Å²) in [6, 6.07) is 19.5. The molecule has 0 aliphatic carbocycles. The van der Waals surface area contributed by atoms with Gasteiger partial charge in [-0.3, -0.25) is 9.59 Å². The van der Waals surface area contributed by atoms with Gasteiger partial charge >= 0.3 is 0 Å². The summed E-state index contributed by atoms with van der Waals surface area (Å²) in [5.74, 6) is -1.49. The van der Waals surface area contributed by atoms with Crippen LogP contribution in [0.3, 0.4) is 0 Å². The lowest BCUT2D eigenvalue weighted by atomic mass is 10.1. The predicted molar refractivity (Wildman–Crippen MR) is 127 cm³/mol. The van der Waals surface area contributed by atoms with Gasteiger partial charge in [0.15, 0.2) is 0 Å². The molecular formula is C25H24FN3O4S. The van der Waals surface area contributed by atoms with Gasteiger partial charge in [-0.15, -0.1) is 0 Å². The van der Waals surface area contributed by atoms with Gasteiger partial charge in [-0.2, -0.15) is 4.72 Å². The van der Waals surface area contributed by atoms with Crippen LogP contribution in [-0.4, -0.2) is 32.8 Å². The number of hydrogen-bond acceptors (Lipinski definition) is 4. The fourth-order valence-corrected chi connectivity index (χ4v) is 5.13. The van der Waals surface area contributed by atoms with Crippen LogP contribution >= 0.6 is 0 Å². The summed E-state index contributed by atoms with van der Waals surface area (Å²) in [7, 11) is -4.31. The highest BCUT2D eigenvalue weighted by molar-refractivity contribution is 7.89. The van der Waals surface area contributed by atoms with Gasteiger partial charge in [0.2, 0.25) is 21.8 Å². The van der Waals surface area contributed by atoms with E-state index in [1.54, 1.807) is 53.4 Å². The molecule has 9 heteroatoms. The average Bonchev–Trinajstić information content (AvgIpc) is 3.25. The number of benzene rings is 3. The minimum Gasteiger partial charge on any atom is -0.325 e. The van der Waals surface area contributed by atoms with E-state index in [2.05, 4.69) is 10.0 Å². The summed E-state index contributed by atoms with van der Waals surface area (Å²) < 4.78 is 42.3. The first-order valence-corrected chi connectivity index (χ1v) is 12.3. The number of rotatable bonds is 8. The Kier molecular flexibility index (Phi) is 7.04. The van der Waals surface area contributed by atoms with Gasteiger partial charge in [-0.25, -0.2) is 12.8 Å². The highest BCUT2D eigenvalue weighted by Crippen LogP contribution is 2.24. The third-order valence-electron chi connectivity index (χ3n) is 5.52. The summed E-state index contributed by atoms with van der Waals surface area (Å²) in [5, 5.41) is 2.73. The fraction of sp³-hybridized carbons (Fsp3) is 0.200. The van der Waals surface area contributed by atoms with Crippen molar-refractivity contribution in [3.63, 3.8) is 0 Å². The van der Waals surface area contributed by atoms with Gasteiger partial charge in [0, 0.05) is 24.3 Å². The van der Waals surface area contributed by atoms with E-state index >= 15 is 0 Å². The SMILES string of the molecule is O=C(Nc1cccc(N2CCCC2=O)c1)[C@@H](Cc1ccccc1)NS(=O)(=O)c1ccccc1F. The normalized spacial score (nSPS) is 14.7. The van der Waals surface area contributed by atoms with Gasteiger partial charge in [-0.1, -0.05) is 48.5 Å². The van der Waals surface area contributed by atoms with Crippen LogP contribution in [0.2, 0.25) is 0 Å². The standard InChI is InChI=1S/C25H24FN3O4S/c26-21-12-4-5-13-23(21)34(32,33)28-22(16-18-8-2-1-3-9-18)25(31)27-19-10-6-11-20(17-19)29-15-7-14-24(29)30/h1-6,8-13,17,22,28H,7,14-16H2,(H,27,31)/t22-/m1/s1. The van der Waals surface area contributed by atoms with Gasteiger partial charge in [0.1, 0.15) is 16.8 Å². The molecule has 4 rings (SSSR count). The van der Waals surface area contributed by atoms with E-state index < -0.39 is 32.7 Å². The molecule has 1 fully saturated rings. The van der Waals surface area contributed by atoms with Gasteiger partial charge < -0.3 is 10.2 Å². The van der Waals surface area contributed by atoms with Crippen molar-refractivity contribution in [3.05, 3.63) is 90.2 Å². The second-order valence-corrected chi connectivity index (χ2v) is 9.66. The molecular weight excluding hydrogens is 457 g/mol. The minimum absolute atomic E-state index is 0.0167. The molecule has 0 saturated carbocycles. The Labute approximate surface area is 197 Å². The molecule has 1 heterocycles. The minimum atomic E-state index is -4.31. The third-order valence-corrected chi connectivity index (χ3v) is 7.03. The second kappa shape index (κ2) is 10.1. The zero-order valence-electron chi connectivity index (χ0n) is 18.3. The van der Waals surface area contributed by atoms with Crippen molar-refractivity contribution in [2.24, 2.45) is 0 Å². The number of amides is 2. The van der Waals surface area contributed by atoms with E-state index in [1.807, 2.05) is 6.07 Å². The number of nitrogens with zero attached hydrogens (tertiary/aromatic N) is 1. The first-order chi connectivity index (χ1) is 16.3. The number of carbonyl (C=O) groups excluding carboxylic acids is 2. The van der Waals surface area contributed by atoms with Crippen LogP contribution in [0, 0.1) is 5.82 Å². The molecule has 1 aliphatic heterocycles. The smallest absolute Gasteiger partial charge is 0.244 e. The summed E-state index contributed by atoms with van der Waals surface area (Å²) >= 11 is 0. The lowest BCUT2D eigenvalue weighted by Crippen LogP contribution is -2.45. The Hall–Kier alpha value is -3.56. The highest BCUT2D eigenvalue weighted by Gasteiger charge is 2.28. The Bertz CT molecular complexity index is 1300. The van der Waals surface area contributed by atoms with E-state index in [4.69, 9.17) is 0 Å². The lowest BCUT2D eigenvalue weighted by molar-refractivity contribution is -0.118. The van der Waals surface area contributed by atoms with Crippen molar-refractivity contribution in [2.75, 3.05) is 16.8 Å². The number of hydrogen-bond donors (Lipinski definition) is 2. The molecule has 1 atom stereocenters. The van der Waals surface area contributed by atoms with E-state index in [1.165, 1.54) is 12.1 Å². The van der Waals surface area contributed by atoms with Gasteiger partial charge in [-0.05, 0) is 48.7 Å². The molecule has 2 N–H and O–H groups in total. The van der Waals surface area contributed by atoms with Crippen molar-refractivity contribution in [3.8, 4) is 0 Å². The first-order valence-electron chi connectivity index (χ1n) is 10.9. The van der Waals surface area contributed by atoms with Crippen molar-refractivity contribution >= 4 is 33.2 Å². The number of halogens is 1. The molecule has 176 valence electrons. The second-order valence-electron chi connectivity index (χ2n) is 7.98. The Morgan fingerprint density at radius 1 is 1.00 bits per heavy atom. The van der Waals surface area contributed by atoms with Crippen LogP contribution in [0.5, 0.6) is 0 Å². The summed E-state index contributed by atoms with van der Waals surface area (Å²) in [4.78, 5) is 26.4. The molecule has 7 nitrogen and oxygen atoms in total. The topological polar surface area (TPSA) is 95.6 Å². The molecule has 34 heavy (non-hydrogen) atoms. The van der Waals surface area contributed by atoms with E-state index in [0.717, 1.165) is 24.1 Å². The number of nitrogens with one attached hydrogen (secondary N) is 2. The zero-order valence-corrected chi connectivity index (χ0v) is 19.1. The van der Waals surface area contributed by atoms with E-state index in [-0.39, 0.29) is 12.3 Å². The molecule has 1 aliphatic rings. The van der Waals surface area contributed by atoms with Crippen LogP contribution in [0.15, 0.2) is 83.8 Å². The first kappa shape index (κ1) is 23.6. The molecule has 0 radical (unpaired) electrons. The Balaban J connectivity index is 1.58. The number of carbonyl (C=O) groups is 2. The number of anilines is 2.